The molecule has 21 heavy (non-hydrogen) atoms. The van der Waals surface area contributed by atoms with Crippen LogP contribution < -0.4 is 11.1 Å². The first-order valence-electron chi connectivity index (χ1n) is 7.30. The Bertz CT molecular complexity index is 487. The van der Waals surface area contributed by atoms with Crippen molar-refractivity contribution in [3.05, 3.63) is 28.8 Å². The fourth-order valence-corrected chi connectivity index (χ4v) is 2.59. The van der Waals surface area contributed by atoms with E-state index >= 15 is 0 Å². The van der Waals surface area contributed by atoms with Crippen LogP contribution in [-0.2, 0) is 0 Å². The van der Waals surface area contributed by atoms with Crippen LogP contribution in [0.5, 0.6) is 0 Å². The minimum absolute atomic E-state index is 0.137. The smallest absolute Gasteiger partial charge is 0.253 e. The molecule has 1 aromatic rings. The van der Waals surface area contributed by atoms with Crippen LogP contribution in [0.25, 0.3) is 0 Å². The Balaban J connectivity index is 1.69. The summed E-state index contributed by atoms with van der Waals surface area (Å²) in [5, 5.41) is 3.45. The lowest BCUT2D eigenvalue weighted by atomic mass is 10.1. The number of amides is 1. The van der Waals surface area contributed by atoms with E-state index < -0.39 is 0 Å². The second kappa shape index (κ2) is 7.64. The number of nitrogens with zero attached hydrogens (tertiary/aromatic N) is 2. The van der Waals surface area contributed by atoms with Crippen molar-refractivity contribution in [2.45, 2.75) is 6.42 Å². The van der Waals surface area contributed by atoms with Crippen LogP contribution in [0.3, 0.4) is 0 Å². The molecule has 1 amide bonds. The van der Waals surface area contributed by atoms with E-state index in [-0.39, 0.29) is 5.91 Å². The van der Waals surface area contributed by atoms with E-state index in [2.05, 4.69) is 22.2 Å². The Kier molecular flexibility index (Phi) is 5.85. The van der Waals surface area contributed by atoms with Crippen molar-refractivity contribution in [1.29, 1.82) is 0 Å². The minimum Gasteiger partial charge on any atom is -0.398 e. The number of benzene rings is 1. The Morgan fingerprint density at radius 2 is 2.05 bits per heavy atom. The van der Waals surface area contributed by atoms with E-state index in [4.69, 9.17) is 17.3 Å². The summed E-state index contributed by atoms with van der Waals surface area (Å²) in [7, 11) is 2.15. The normalized spacial score (nSPS) is 16.9. The molecule has 0 saturated carbocycles. The van der Waals surface area contributed by atoms with Gasteiger partial charge in [0.05, 0.1) is 5.56 Å². The van der Waals surface area contributed by atoms with Gasteiger partial charge in [0.1, 0.15) is 0 Å². The standard InChI is InChI=1S/C15H23ClN4O/c1-19-7-9-20(10-8-19)6-2-5-18-15(21)13-4-3-12(16)11-14(13)17/h3-4,11H,2,5-10,17H2,1H3,(H,18,21). The first-order valence-corrected chi connectivity index (χ1v) is 7.68. The topological polar surface area (TPSA) is 61.6 Å². The van der Waals surface area contributed by atoms with Crippen molar-refractivity contribution in [3.63, 3.8) is 0 Å². The zero-order chi connectivity index (χ0) is 15.2. The van der Waals surface area contributed by atoms with Gasteiger partial charge in [0, 0.05) is 43.4 Å². The number of piperazine rings is 1. The molecule has 1 aliphatic rings. The van der Waals surface area contributed by atoms with E-state index in [1.54, 1.807) is 18.2 Å². The van der Waals surface area contributed by atoms with Crippen LogP contribution in [0.2, 0.25) is 5.02 Å². The van der Waals surface area contributed by atoms with E-state index in [0.29, 0.717) is 22.8 Å². The predicted molar refractivity (Wildman–Crippen MR) is 86.8 cm³/mol. The average molecular weight is 311 g/mol. The molecule has 0 radical (unpaired) electrons. The highest BCUT2D eigenvalue weighted by atomic mass is 35.5. The zero-order valence-electron chi connectivity index (χ0n) is 12.4. The Morgan fingerprint density at radius 1 is 1.33 bits per heavy atom. The van der Waals surface area contributed by atoms with Crippen molar-refractivity contribution in [3.8, 4) is 0 Å². The van der Waals surface area contributed by atoms with Crippen molar-refractivity contribution >= 4 is 23.2 Å². The van der Waals surface area contributed by atoms with Gasteiger partial charge in [0.25, 0.3) is 5.91 Å². The van der Waals surface area contributed by atoms with Crippen molar-refractivity contribution < 1.29 is 4.79 Å². The van der Waals surface area contributed by atoms with Gasteiger partial charge in [0.15, 0.2) is 0 Å². The van der Waals surface area contributed by atoms with Crippen LogP contribution >= 0.6 is 11.6 Å². The number of halogens is 1. The third-order valence-corrected chi connectivity index (χ3v) is 4.03. The Morgan fingerprint density at radius 3 is 2.71 bits per heavy atom. The number of hydrogen-bond donors (Lipinski definition) is 2. The maximum Gasteiger partial charge on any atom is 0.253 e. The number of hydrogen-bond acceptors (Lipinski definition) is 4. The third-order valence-electron chi connectivity index (χ3n) is 3.79. The van der Waals surface area contributed by atoms with Crippen LogP contribution in [0.4, 0.5) is 5.69 Å². The number of carbonyl (C=O) groups is 1. The molecule has 1 heterocycles. The van der Waals surface area contributed by atoms with Gasteiger partial charge >= 0.3 is 0 Å². The summed E-state index contributed by atoms with van der Waals surface area (Å²) in [4.78, 5) is 16.8. The van der Waals surface area contributed by atoms with Crippen LogP contribution in [0.1, 0.15) is 16.8 Å². The van der Waals surface area contributed by atoms with Gasteiger partial charge in [-0.25, -0.2) is 0 Å². The van der Waals surface area contributed by atoms with Crippen molar-refractivity contribution in [2.24, 2.45) is 0 Å². The summed E-state index contributed by atoms with van der Waals surface area (Å²) in [5.41, 5.74) is 6.70. The molecular formula is C15H23ClN4O. The molecule has 3 N–H and O–H groups in total. The summed E-state index contributed by atoms with van der Waals surface area (Å²) in [6, 6.07) is 4.94. The molecule has 0 aromatic heterocycles. The first kappa shape index (κ1) is 16.1. The number of nitrogens with two attached hydrogens (primary N) is 1. The summed E-state index contributed by atoms with van der Waals surface area (Å²) in [6.45, 7) is 6.13. The van der Waals surface area contributed by atoms with Gasteiger partial charge in [-0.2, -0.15) is 0 Å². The number of nitrogens with one attached hydrogen (secondary N) is 1. The molecule has 1 aromatic carbocycles. The van der Waals surface area contributed by atoms with E-state index in [1.807, 2.05) is 0 Å². The SMILES string of the molecule is CN1CCN(CCCNC(=O)c2ccc(Cl)cc2N)CC1. The predicted octanol–water partition coefficient (Wildman–Crippen LogP) is 1.29. The summed E-state index contributed by atoms with van der Waals surface area (Å²) in [6.07, 6.45) is 0.947. The highest BCUT2D eigenvalue weighted by Gasteiger charge is 2.13. The van der Waals surface area contributed by atoms with Gasteiger partial charge in [-0.1, -0.05) is 11.6 Å². The van der Waals surface area contributed by atoms with Crippen LogP contribution in [0.15, 0.2) is 18.2 Å². The van der Waals surface area contributed by atoms with Gasteiger partial charge in [-0.3, -0.25) is 4.79 Å². The Labute approximate surface area is 131 Å². The molecule has 0 bridgehead atoms. The number of carbonyl (C=O) groups excluding carboxylic acids is 1. The number of likely N-dealkylation sites (N-methyl/N-ethyl adjacent to an activating group) is 1. The molecular weight excluding hydrogens is 288 g/mol. The monoisotopic (exact) mass is 310 g/mol. The average Bonchev–Trinajstić information content (AvgIpc) is 2.45. The summed E-state index contributed by atoms with van der Waals surface area (Å²) >= 11 is 5.82. The maximum atomic E-state index is 12.0. The third kappa shape index (κ3) is 4.88. The molecule has 6 heteroatoms. The Hall–Kier alpha value is -1.30. The van der Waals surface area contributed by atoms with Crippen molar-refractivity contribution in [2.75, 3.05) is 52.0 Å². The van der Waals surface area contributed by atoms with Gasteiger partial charge in [-0.05, 0) is 38.2 Å². The minimum atomic E-state index is -0.137. The van der Waals surface area contributed by atoms with E-state index in [0.717, 1.165) is 39.1 Å². The molecule has 1 fully saturated rings. The van der Waals surface area contributed by atoms with E-state index in [9.17, 15) is 4.79 Å². The number of anilines is 1. The number of rotatable bonds is 5. The summed E-state index contributed by atoms with van der Waals surface area (Å²) < 4.78 is 0. The van der Waals surface area contributed by atoms with Gasteiger partial charge in [-0.15, -0.1) is 0 Å². The second-order valence-corrected chi connectivity index (χ2v) is 5.92. The first-order chi connectivity index (χ1) is 10.1. The molecule has 5 nitrogen and oxygen atoms in total. The van der Waals surface area contributed by atoms with Gasteiger partial charge in [0.2, 0.25) is 0 Å². The zero-order valence-corrected chi connectivity index (χ0v) is 13.2. The van der Waals surface area contributed by atoms with Crippen molar-refractivity contribution in [1.82, 2.24) is 15.1 Å². The molecule has 116 valence electrons. The second-order valence-electron chi connectivity index (χ2n) is 5.49. The molecule has 0 spiro atoms. The fraction of sp³-hybridized carbons (Fsp3) is 0.533. The largest absolute Gasteiger partial charge is 0.398 e. The van der Waals surface area contributed by atoms with E-state index in [1.165, 1.54) is 0 Å². The molecule has 0 unspecified atom stereocenters. The summed E-state index contributed by atoms with van der Waals surface area (Å²) in [5.74, 6) is -0.137. The molecule has 0 atom stereocenters. The lowest BCUT2D eigenvalue weighted by Gasteiger charge is -2.32. The molecule has 0 aliphatic carbocycles. The highest BCUT2D eigenvalue weighted by Crippen LogP contribution is 2.17. The fourth-order valence-electron chi connectivity index (χ4n) is 2.41. The molecule has 2 rings (SSSR count). The van der Waals surface area contributed by atoms with Crippen LogP contribution in [0, 0.1) is 0 Å². The van der Waals surface area contributed by atoms with Crippen LogP contribution in [-0.4, -0.2) is 62.0 Å². The maximum absolute atomic E-state index is 12.0. The lowest BCUT2D eigenvalue weighted by Crippen LogP contribution is -2.45. The highest BCUT2D eigenvalue weighted by molar-refractivity contribution is 6.31. The molecule has 1 aliphatic heterocycles. The van der Waals surface area contributed by atoms with Gasteiger partial charge < -0.3 is 20.9 Å². The quantitative estimate of drug-likeness (QED) is 0.635. The molecule has 1 saturated heterocycles. The number of nitrogen functional groups attached to an aromatic ring is 1. The lowest BCUT2D eigenvalue weighted by molar-refractivity contribution is 0.0950.